The fraction of sp³-hybridized carbons (Fsp3) is 0.833. The Labute approximate surface area is 69.3 Å². The van der Waals surface area contributed by atoms with Gasteiger partial charge in [0.1, 0.15) is 6.17 Å². The highest BCUT2D eigenvalue weighted by molar-refractivity contribution is 7.91. The SMILES string of the molecule is O=C(O)CC1CS(=O)(=O)CC1F. The molecule has 1 N–H and O–H groups in total. The predicted octanol–water partition coefficient (Wildman–Crippen LogP) is -0.156. The molecule has 2 atom stereocenters. The Morgan fingerprint density at radius 1 is 1.50 bits per heavy atom. The number of halogens is 1. The molecular weight excluding hydrogens is 187 g/mol. The lowest BCUT2D eigenvalue weighted by molar-refractivity contribution is -0.138. The molecule has 12 heavy (non-hydrogen) atoms. The monoisotopic (exact) mass is 196 g/mol. The highest BCUT2D eigenvalue weighted by Crippen LogP contribution is 2.24. The van der Waals surface area contributed by atoms with Crippen LogP contribution in [0.5, 0.6) is 0 Å². The predicted molar refractivity (Wildman–Crippen MR) is 39.3 cm³/mol. The largest absolute Gasteiger partial charge is 0.481 e. The van der Waals surface area contributed by atoms with Gasteiger partial charge in [0.2, 0.25) is 0 Å². The van der Waals surface area contributed by atoms with Gasteiger partial charge in [-0.2, -0.15) is 0 Å². The highest BCUT2D eigenvalue weighted by Gasteiger charge is 2.38. The van der Waals surface area contributed by atoms with Crippen LogP contribution in [0.2, 0.25) is 0 Å². The van der Waals surface area contributed by atoms with Crippen LogP contribution in [0.15, 0.2) is 0 Å². The van der Waals surface area contributed by atoms with Crippen molar-refractivity contribution in [3.8, 4) is 0 Å². The second kappa shape index (κ2) is 3.01. The first kappa shape index (κ1) is 9.44. The summed E-state index contributed by atoms with van der Waals surface area (Å²) >= 11 is 0. The number of aliphatic carboxylic acids is 1. The number of hydrogen-bond donors (Lipinski definition) is 1. The first-order valence-electron chi connectivity index (χ1n) is 3.47. The van der Waals surface area contributed by atoms with Crippen molar-refractivity contribution >= 4 is 15.8 Å². The molecule has 2 unspecified atom stereocenters. The Bertz CT molecular complexity index is 284. The summed E-state index contributed by atoms with van der Waals surface area (Å²) in [5, 5.41) is 8.30. The molecule has 1 saturated heterocycles. The van der Waals surface area contributed by atoms with Gasteiger partial charge < -0.3 is 5.11 Å². The number of sulfone groups is 1. The average Bonchev–Trinajstić information content (AvgIpc) is 2.03. The Morgan fingerprint density at radius 3 is 2.42 bits per heavy atom. The maximum Gasteiger partial charge on any atom is 0.303 e. The normalized spacial score (nSPS) is 33.4. The van der Waals surface area contributed by atoms with Gasteiger partial charge in [-0.15, -0.1) is 0 Å². The number of rotatable bonds is 2. The van der Waals surface area contributed by atoms with Crippen LogP contribution in [-0.2, 0) is 14.6 Å². The third-order valence-corrected chi connectivity index (χ3v) is 3.59. The maximum atomic E-state index is 12.8. The minimum atomic E-state index is -3.33. The fourth-order valence-corrected chi connectivity index (χ4v) is 3.16. The standard InChI is InChI=1S/C6H9FO4S/c7-5-3-12(10,11)2-4(5)1-6(8)9/h4-5H,1-3H2,(H,8,9). The third-order valence-electron chi connectivity index (χ3n) is 1.83. The van der Waals surface area contributed by atoms with Crippen LogP contribution >= 0.6 is 0 Å². The summed E-state index contributed by atoms with van der Waals surface area (Å²) in [6.07, 6.45) is -1.91. The molecule has 0 spiro atoms. The van der Waals surface area contributed by atoms with E-state index in [9.17, 15) is 17.6 Å². The first-order chi connectivity index (χ1) is 5.41. The van der Waals surface area contributed by atoms with E-state index in [1.807, 2.05) is 0 Å². The van der Waals surface area contributed by atoms with E-state index in [2.05, 4.69) is 0 Å². The van der Waals surface area contributed by atoms with E-state index in [4.69, 9.17) is 5.11 Å². The Kier molecular flexibility index (Phi) is 2.36. The molecule has 0 saturated carbocycles. The molecular formula is C6H9FO4S. The molecule has 0 amide bonds. The maximum absolute atomic E-state index is 12.8. The van der Waals surface area contributed by atoms with Crippen LogP contribution in [0.1, 0.15) is 6.42 Å². The number of carbonyl (C=O) groups is 1. The van der Waals surface area contributed by atoms with Gasteiger partial charge in [0.25, 0.3) is 0 Å². The van der Waals surface area contributed by atoms with Gasteiger partial charge in [0, 0.05) is 5.92 Å². The molecule has 0 radical (unpaired) electrons. The zero-order chi connectivity index (χ0) is 9.35. The van der Waals surface area contributed by atoms with Crippen molar-refractivity contribution in [3.63, 3.8) is 0 Å². The Balaban J connectivity index is 2.64. The number of alkyl halides is 1. The summed E-state index contributed by atoms with van der Waals surface area (Å²) in [4.78, 5) is 10.2. The van der Waals surface area contributed by atoms with Gasteiger partial charge in [0.15, 0.2) is 9.84 Å². The quantitative estimate of drug-likeness (QED) is 0.666. The second-order valence-electron chi connectivity index (χ2n) is 2.95. The van der Waals surface area contributed by atoms with Crippen molar-refractivity contribution in [2.45, 2.75) is 12.6 Å². The highest BCUT2D eigenvalue weighted by atomic mass is 32.2. The van der Waals surface area contributed by atoms with Crippen molar-refractivity contribution in [1.29, 1.82) is 0 Å². The topological polar surface area (TPSA) is 71.4 Å². The zero-order valence-corrected chi connectivity index (χ0v) is 7.05. The summed E-state index contributed by atoms with van der Waals surface area (Å²) in [5.41, 5.74) is 0. The van der Waals surface area contributed by atoms with Crippen LogP contribution in [0.3, 0.4) is 0 Å². The van der Waals surface area contributed by atoms with Crippen molar-refractivity contribution < 1.29 is 22.7 Å². The van der Waals surface area contributed by atoms with Crippen molar-refractivity contribution in [3.05, 3.63) is 0 Å². The zero-order valence-electron chi connectivity index (χ0n) is 6.23. The van der Waals surface area contributed by atoms with Gasteiger partial charge in [0.05, 0.1) is 17.9 Å². The lowest BCUT2D eigenvalue weighted by Crippen LogP contribution is -2.16. The molecule has 1 rings (SSSR count). The second-order valence-corrected chi connectivity index (χ2v) is 5.10. The Morgan fingerprint density at radius 2 is 2.08 bits per heavy atom. The summed E-state index contributed by atoms with van der Waals surface area (Å²) in [5.74, 6) is -2.86. The van der Waals surface area contributed by atoms with Gasteiger partial charge in [-0.3, -0.25) is 4.79 Å². The van der Waals surface area contributed by atoms with E-state index in [0.717, 1.165) is 0 Å². The van der Waals surface area contributed by atoms with Gasteiger partial charge >= 0.3 is 5.97 Å². The molecule has 0 aromatic carbocycles. The van der Waals surface area contributed by atoms with Crippen LogP contribution in [0.4, 0.5) is 4.39 Å². The molecule has 1 heterocycles. The molecule has 0 aromatic rings. The number of hydrogen-bond acceptors (Lipinski definition) is 3. The average molecular weight is 196 g/mol. The third kappa shape index (κ3) is 2.17. The summed E-state index contributed by atoms with van der Waals surface area (Å²) < 4.78 is 34.4. The van der Waals surface area contributed by atoms with Gasteiger partial charge in [-0.1, -0.05) is 0 Å². The first-order valence-corrected chi connectivity index (χ1v) is 5.29. The molecule has 1 aliphatic rings. The minimum absolute atomic E-state index is 0.333. The van der Waals surface area contributed by atoms with Crippen molar-refractivity contribution in [1.82, 2.24) is 0 Å². The van der Waals surface area contributed by atoms with Crippen molar-refractivity contribution in [2.24, 2.45) is 5.92 Å². The summed E-state index contributed by atoms with van der Waals surface area (Å²) in [6.45, 7) is 0. The number of carboxylic acid groups (broad SMARTS) is 1. The molecule has 0 aliphatic carbocycles. The number of carboxylic acids is 1. The molecule has 70 valence electrons. The lowest BCUT2D eigenvalue weighted by atomic mass is 10.0. The Hall–Kier alpha value is -0.650. The van der Waals surface area contributed by atoms with E-state index in [-0.39, 0.29) is 5.75 Å². The smallest absolute Gasteiger partial charge is 0.303 e. The van der Waals surface area contributed by atoms with Crippen molar-refractivity contribution in [2.75, 3.05) is 11.5 Å². The molecule has 4 nitrogen and oxygen atoms in total. The molecule has 0 bridgehead atoms. The van der Waals surface area contributed by atoms with Gasteiger partial charge in [-0.05, 0) is 0 Å². The lowest BCUT2D eigenvalue weighted by Gasteiger charge is -2.05. The molecule has 1 fully saturated rings. The van der Waals surface area contributed by atoms with Crippen LogP contribution in [-0.4, -0.2) is 37.2 Å². The summed E-state index contributed by atoms with van der Waals surface area (Å²) in [7, 11) is -3.33. The van der Waals surface area contributed by atoms with Crippen LogP contribution < -0.4 is 0 Å². The summed E-state index contributed by atoms with van der Waals surface area (Å²) in [6, 6.07) is 0. The molecule has 6 heteroatoms. The fourth-order valence-electron chi connectivity index (χ4n) is 1.29. The van der Waals surface area contributed by atoms with Crippen LogP contribution in [0, 0.1) is 5.92 Å². The minimum Gasteiger partial charge on any atom is -0.481 e. The van der Waals surface area contributed by atoms with E-state index in [0.29, 0.717) is 0 Å². The van der Waals surface area contributed by atoms with E-state index < -0.39 is 40.1 Å². The van der Waals surface area contributed by atoms with E-state index >= 15 is 0 Å². The van der Waals surface area contributed by atoms with E-state index in [1.54, 1.807) is 0 Å². The van der Waals surface area contributed by atoms with E-state index in [1.165, 1.54) is 0 Å². The molecule has 0 aromatic heterocycles. The van der Waals surface area contributed by atoms with Gasteiger partial charge in [-0.25, -0.2) is 12.8 Å². The van der Waals surface area contributed by atoms with Crippen LogP contribution in [0.25, 0.3) is 0 Å². The molecule has 1 aliphatic heterocycles.